The second-order valence-electron chi connectivity index (χ2n) is 4.47. The number of ether oxygens (including phenoxy) is 2. The Balaban J connectivity index is 1.66. The molecule has 0 aromatic heterocycles. The first-order chi connectivity index (χ1) is 9.38. The predicted molar refractivity (Wildman–Crippen MR) is 77.9 cm³/mol. The molecule has 0 aliphatic heterocycles. The summed E-state index contributed by atoms with van der Waals surface area (Å²) in [7, 11) is 1.67. The fraction of sp³-hybridized carbons (Fsp3) is 0.294. The largest absolute Gasteiger partial charge is 0.497 e. The molecule has 0 unspecified atom stereocenters. The highest BCUT2D eigenvalue weighted by Gasteiger charge is 1.97. The highest BCUT2D eigenvalue weighted by atomic mass is 16.5. The summed E-state index contributed by atoms with van der Waals surface area (Å²) in [4.78, 5) is 0. The summed E-state index contributed by atoms with van der Waals surface area (Å²) in [6, 6.07) is 18.3. The van der Waals surface area contributed by atoms with E-state index < -0.39 is 0 Å². The van der Waals surface area contributed by atoms with E-state index in [-0.39, 0.29) is 0 Å². The number of benzene rings is 2. The van der Waals surface area contributed by atoms with Crippen LogP contribution < -0.4 is 9.47 Å². The monoisotopic (exact) mass is 256 g/mol. The third kappa shape index (κ3) is 4.66. The summed E-state index contributed by atoms with van der Waals surface area (Å²) in [5.74, 6) is 1.71. The van der Waals surface area contributed by atoms with Crippen LogP contribution in [0.15, 0.2) is 54.6 Å². The van der Waals surface area contributed by atoms with Crippen LogP contribution in [0.1, 0.15) is 18.4 Å². The Morgan fingerprint density at radius 1 is 0.842 bits per heavy atom. The van der Waals surface area contributed by atoms with E-state index in [9.17, 15) is 0 Å². The standard InChI is InChI=1S/C17H20O2/c1-18-16-11-7-12-17(14-16)19-13-6-5-10-15-8-3-2-4-9-15/h2-4,7-9,11-12,14H,5-6,10,13H2,1H3. The minimum atomic E-state index is 0.750. The Labute approximate surface area is 115 Å². The first-order valence-electron chi connectivity index (χ1n) is 6.69. The molecule has 2 heteroatoms. The average molecular weight is 256 g/mol. The number of unbranched alkanes of at least 4 members (excludes halogenated alkanes) is 1. The maximum absolute atomic E-state index is 5.71. The highest BCUT2D eigenvalue weighted by molar-refractivity contribution is 5.32. The van der Waals surface area contributed by atoms with Crippen LogP contribution in [-0.4, -0.2) is 13.7 Å². The maximum Gasteiger partial charge on any atom is 0.122 e. The smallest absolute Gasteiger partial charge is 0.122 e. The van der Waals surface area contributed by atoms with Gasteiger partial charge in [0.2, 0.25) is 0 Å². The number of aryl methyl sites for hydroxylation is 1. The van der Waals surface area contributed by atoms with E-state index in [4.69, 9.17) is 9.47 Å². The quantitative estimate of drug-likeness (QED) is 0.694. The van der Waals surface area contributed by atoms with Crippen LogP contribution in [0.4, 0.5) is 0 Å². The Bertz CT molecular complexity index is 480. The van der Waals surface area contributed by atoms with Gasteiger partial charge in [0.1, 0.15) is 11.5 Å². The Hall–Kier alpha value is -1.96. The second kappa shape index (κ2) is 7.47. The van der Waals surface area contributed by atoms with E-state index in [2.05, 4.69) is 30.3 Å². The molecule has 0 heterocycles. The molecule has 0 bridgehead atoms. The van der Waals surface area contributed by atoms with Crippen LogP contribution in [0.5, 0.6) is 11.5 Å². The molecule has 0 fully saturated rings. The van der Waals surface area contributed by atoms with Gasteiger partial charge < -0.3 is 9.47 Å². The van der Waals surface area contributed by atoms with Gasteiger partial charge >= 0.3 is 0 Å². The Morgan fingerprint density at radius 2 is 1.63 bits per heavy atom. The molecule has 19 heavy (non-hydrogen) atoms. The van der Waals surface area contributed by atoms with E-state index in [0.29, 0.717) is 0 Å². The lowest BCUT2D eigenvalue weighted by molar-refractivity contribution is 0.304. The molecule has 0 saturated carbocycles. The van der Waals surface area contributed by atoms with E-state index in [0.717, 1.165) is 37.4 Å². The van der Waals surface area contributed by atoms with Gasteiger partial charge in [0.05, 0.1) is 13.7 Å². The van der Waals surface area contributed by atoms with E-state index in [1.54, 1.807) is 7.11 Å². The molecule has 2 aromatic carbocycles. The van der Waals surface area contributed by atoms with Crippen molar-refractivity contribution < 1.29 is 9.47 Å². The Kier molecular flexibility index (Phi) is 5.30. The summed E-state index contributed by atoms with van der Waals surface area (Å²) in [6.07, 6.45) is 3.32. The predicted octanol–water partition coefficient (Wildman–Crippen LogP) is 4.10. The summed E-state index contributed by atoms with van der Waals surface area (Å²) in [5, 5.41) is 0. The fourth-order valence-electron chi connectivity index (χ4n) is 1.96. The van der Waals surface area contributed by atoms with Crippen molar-refractivity contribution in [2.24, 2.45) is 0 Å². The van der Waals surface area contributed by atoms with Gasteiger partial charge in [-0.1, -0.05) is 36.4 Å². The van der Waals surface area contributed by atoms with Crippen LogP contribution >= 0.6 is 0 Å². The van der Waals surface area contributed by atoms with Gasteiger partial charge in [0, 0.05) is 6.07 Å². The van der Waals surface area contributed by atoms with Gasteiger partial charge in [-0.15, -0.1) is 0 Å². The van der Waals surface area contributed by atoms with Gasteiger partial charge in [-0.3, -0.25) is 0 Å². The molecular formula is C17H20O2. The summed E-state index contributed by atoms with van der Waals surface area (Å²) < 4.78 is 10.9. The van der Waals surface area contributed by atoms with Crippen molar-refractivity contribution in [1.29, 1.82) is 0 Å². The van der Waals surface area contributed by atoms with Crippen molar-refractivity contribution in [2.75, 3.05) is 13.7 Å². The van der Waals surface area contributed by atoms with Gasteiger partial charge in [-0.05, 0) is 37.0 Å². The van der Waals surface area contributed by atoms with E-state index in [1.165, 1.54) is 5.56 Å². The molecule has 0 atom stereocenters. The molecule has 0 spiro atoms. The van der Waals surface area contributed by atoms with E-state index >= 15 is 0 Å². The molecule has 0 N–H and O–H groups in total. The van der Waals surface area contributed by atoms with Crippen LogP contribution in [0, 0.1) is 0 Å². The normalized spacial score (nSPS) is 10.2. The molecule has 0 saturated heterocycles. The molecule has 0 aliphatic carbocycles. The number of methoxy groups -OCH3 is 1. The zero-order valence-electron chi connectivity index (χ0n) is 11.3. The zero-order valence-corrected chi connectivity index (χ0v) is 11.3. The molecular weight excluding hydrogens is 236 g/mol. The lowest BCUT2D eigenvalue weighted by Gasteiger charge is -2.07. The first-order valence-corrected chi connectivity index (χ1v) is 6.69. The second-order valence-corrected chi connectivity index (χ2v) is 4.47. The van der Waals surface area contributed by atoms with Gasteiger partial charge in [0.15, 0.2) is 0 Å². The molecule has 100 valence electrons. The van der Waals surface area contributed by atoms with Crippen molar-refractivity contribution in [3.8, 4) is 11.5 Å². The van der Waals surface area contributed by atoms with Crippen LogP contribution in [0.3, 0.4) is 0 Å². The minimum absolute atomic E-state index is 0.750. The van der Waals surface area contributed by atoms with Crippen molar-refractivity contribution >= 4 is 0 Å². The lowest BCUT2D eigenvalue weighted by atomic mass is 10.1. The van der Waals surface area contributed by atoms with Crippen LogP contribution in [-0.2, 0) is 6.42 Å². The highest BCUT2D eigenvalue weighted by Crippen LogP contribution is 2.19. The third-order valence-corrected chi connectivity index (χ3v) is 3.01. The summed E-state index contributed by atoms with van der Waals surface area (Å²) >= 11 is 0. The fourth-order valence-corrected chi connectivity index (χ4v) is 1.96. The van der Waals surface area contributed by atoms with E-state index in [1.807, 2.05) is 24.3 Å². The molecule has 2 rings (SSSR count). The molecule has 0 amide bonds. The zero-order chi connectivity index (χ0) is 13.3. The summed E-state index contributed by atoms with van der Waals surface area (Å²) in [5.41, 5.74) is 1.39. The van der Waals surface area contributed by atoms with Gasteiger partial charge in [-0.25, -0.2) is 0 Å². The van der Waals surface area contributed by atoms with Gasteiger partial charge in [-0.2, -0.15) is 0 Å². The molecule has 2 aromatic rings. The summed E-state index contributed by atoms with van der Waals surface area (Å²) in [6.45, 7) is 0.750. The molecule has 0 aliphatic rings. The number of rotatable bonds is 7. The third-order valence-electron chi connectivity index (χ3n) is 3.01. The number of hydrogen-bond donors (Lipinski definition) is 0. The molecule has 0 radical (unpaired) electrons. The minimum Gasteiger partial charge on any atom is -0.497 e. The lowest BCUT2D eigenvalue weighted by Crippen LogP contribution is -1.98. The van der Waals surface area contributed by atoms with Crippen molar-refractivity contribution in [1.82, 2.24) is 0 Å². The maximum atomic E-state index is 5.71. The van der Waals surface area contributed by atoms with Crippen molar-refractivity contribution in [3.63, 3.8) is 0 Å². The van der Waals surface area contributed by atoms with Crippen LogP contribution in [0.25, 0.3) is 0 Å². The average Bonchev–Trinajstić information content (AvgIpc) is 2.48. The molecule has 2 nitrogen and oxygen atoms in total. The Morgan fingerprint density at radius 3 is 2.42 bits per heavy atom. The number of hydrogen-bond acceptors (Lipinski definition) is 2. The topological polar surface area (TPSA) is 18.5 Å². The van der Waals surface area contributed by atoms with Crippen molar-refractivity contribution in [2.45, 2.75) is 19.3 Å². The van der Waals surface area contributed by atoms with Crippen molar-refractivity contribution in [3.05, 3.63) is 60.2 Å². The SMILES string of the molecule is COc1cccc(OCCCCc2ccccc2)c1. The van der Waals surface area contributed by atoms with Gasteiger partial charge in [0.25, 0.3) is 0 Å². The first kappa shape index (κ1) is 13.5. The van der Waals surface area contributed by atoms with Crippen LogP contribution in [0.2, 0.25) is 0 Å².